The molecule has 0 bridgehead atoms. The zero-order chi connectivity index (χ0) is 11.7. The lowest BCUT2D eigenvalue weighted by molar-refractivity contribution is 0.0685. The number of aromatic amines is 1. The summed E-state index contributed by atoms with van der Waals surface area (Å²) in [5.41, 5.74) is 4.05. The Bertz CT molecular complexity index is 544. The van der Waals surface area contributed by atoms with Crippen LogP contribution in [0.3, 0.4) is 0 Å². The number of hydrogen-bond donors (Lipinski definition) is 2. The average Bonchev–Trinajstić information content (AvgIpc) is 2.71. The second kappa shape index (κ2) is 3.81. The number of imidazole rings is 1. The Morgan fingerprint density at radius 3 is 2.62 bits per heavy atom. The van der Waals surface area contributed by atoms with Gasteiger partial charge in [-0.3, -0.25) is 0 Å². The summed E-state index contributed by atoms with van der Waals surface area (Å²) in [6.07, 6.45) is 1.54. The number of nitrogens with one attached hydrogen (secondary N) is 1. The standard InChI is InChI=1S/C12H12N2O2/c1-7-3-4-9(5-8(7)2)10-6-13-11(14-10)12(15)16/h3-6H,1-2H3,(H,13,14)(H,15,16). The summed E-state index contributed by atoms with van der Waals surface area (Å²) in [7, 11) is 0. The van der Waals surface area contributed by atoms with Crippen molar-refractivity contribution >= 4 is 5.97 Å². The molecule has 0 saturated heterocycles. The van der Waals surface area contributed by atoms with Crippen LogP contribution in [0.1, 0.15) is 21.7 Å². The lowest BCUT2D eigenvalue weighted by atomic mass is 10.1. The molecule has 2 N–H and O–H groups in total. The molecule has 1 aromatic carbocycles. The maximum atomic E-state index is 10.7. The molecule has 0 saturated carbocycles. The van der Waals surface area contributed by atoms with E-state index in [2.05, 4.69) is 9.97 Å². The molecule has 2 rings (SSSR count). The predicted octanol–water partition coefficient (Wildman–Crippen LogP) is 2.39. The van der Waals surface area contributed by atoms with Crippen molar-refractivity contribution in [3.63, 3.8) is 0 Å². The maximum absolute atomic E-state index is 10.7. The summed E-state index contributed by atoms with van der Waals surface area (Å²) in [5, 5.41) is 8.75. The van der Waals surface area contributed by atoms with Gasteiger partial charge >= 0.3 is 5.97 Å². The summed E-state index contributed by atoms with van der Waals surface area (Å²) in [6, 6.07) is 5.96. The minimum Gasteiger partial charge on any atom is -0.475 e. The molecule has 1 heterocycles. The summed E-state index contributed by atoms with van der Waals surface area (Å²) in [4.78, 5) is 17.2. The van der Waals surface area contributed by atoms with E-state index in [1.165, 1.54) is 17.3 Å². The molecule has 4 heteroatoms. The van der Waals surface area contributed by atoms with Crippen LogP contribution in [-0.2, 0) is 0 Å². The lowest BCUT2D eigenvalue weighted by Gasteiger charge is -2.02. The van der Waals surface area contributed by atoms with E-state index < -0.39 is 5.97 Å². The molecule has 0 amide bonds. The normalized spacial score (nSPS) is 10.4. The number of nitrogens with zero attached hydrogens (tertiary/aromatic N) is 1. The Hall–Kier alpha value is -2.10. The van der Waals surface area contributed by atoms with Gasteiger partial charge < -0.3 is 10.1 Å². The third-order valence-corrected chi connectivity index (χ3v) is 2.60. The summed E-state index contributed by atoms with van der Waals surface area (Å²) >= 11 is 0. The second-order valence-corrected chi connectivity index (χ2v) is 3.75. The van der Waals surface area contributed by atoms with Gasteiger partial charge in [-0.15, -0.1) is 0 Å². The van der Waals surface area contributed by atoms with E-state index in [0.29, 0.717) is 0 Å². The van der Waals surface area contributed by atoms with E-state index in [0.717, 1.165) is 11.3 Å². The van der Waals surface area contributed by atoms with Crippen LogP contribution in [0.15, 0.2) is 24.4 Å². The van der Waals surface area contributed by atoms with E-state index in [4.69, 9.17) is 5.11 Å². The predicted molar refractivity (Wildman–Crippen MR) is 60.5 cm³/mol. The first kappa shape index (κ1) is 10.4. The molecule has 0 unspecified atom stereocenters. The van der Waals surface area contributed by atoms with Crippen LogP contribution in [0.2, 0.25) is 0 Å². The van der Waals surface area contributed by atoms with E-state index in [1.807, 2.05) is 32.0 Å². The Labute approximate surface area is 93.0 Å². The number of carboxylic acid groups (broad SMARTS) is 1. The summed E-state index contributed by atoms with van der Waals surface area (Å²) in [5.74, 6) is -1.08. The topological polar surface area (TPSA) is 66.0 Å². The number of carbonyl (C=O) groups is 1. The van der Waals surface area contributed by atoms with Crippen LogP contribution in [0.5, 0.6) is 0 Å². The van der Waals surface area contributed by atoms with Gasteiger partial charge in [0, 0.05) is 0 Å². The monoisotopic (exact) mass is 216 g/mol. The van der Waals surface area contributed by atoms with Gasteiger partial charge in [0.2, 0.25) is 5.82 Å². The van der Waals surface area contributed by atoms with Gasteiger partial charge in [0.15, 0.2) is 0 Å². The maximum Gasteiger partial charge on any atom is 0.371 e. The molecule has 0 aliphatic heterocycles. The van der Waals surface area contributed by atoms with E-state index in [1.54, 1.807) is 0 Å². The third-order valence-electron chi connectivity index (χ3n) is 2.60. The SMILES string of the molecule is Cc1ccc(-c2cnc(C(=O)O)[nH]2)cc1C. The lowest BCUT2D eigenvalue weighted by Crippen LogP contribution is -1.98. The van der Waals surface area contributed by atoms with Gasteiger partial charge in [0.05, 0.1) is 11.9 Å². The van der Waals surface area contributed by atoms with Crippen molar-refractivity contribution in [2.45, 2.75) is 13.8 Å². The van der Waals surface area contributed by atoms with Crippen LogP contribution in [0.4, 0.5) is 0 Å². The zero-order valence-corrected chi connectivity index (χ0v) is 9.11. The molecule has 0 aliphatic rings. The number of benzene rings is 1. The molecule has 0 radical (unpaired) electrons. The Balaban J connectivity index is 2.42. The fourth-order valence-corrected chi connectivity index (χ4v) is 1.49. The molecule has 4 nitrogen and oxygen atoms in total. The highest BCUT2D eigenvalue weighted by Gasteiger charge is 2.09. The molecular formula is C12H12N2O2. The molecule has 0 fully saturated rings. The van der Waals surface area contributed by atoms with Crippen molar-refractivity contribution in [3.05, 3.63) is 41.3 Å². The van der Waals surface area contributed by atoms with Crippen LogP contribution in [0.25, 0.3) is 11.3 Å². The zero-order valence-electron chi connectivity index (χ0n) is 9.11. The van der Waals surface area contributed by atoms with E-state index >= 15 is 0 Å². The van der Waals surface area contributed by atoms with Crippen molar-refractivity contribution in [1.82, 2.24) is 9.97 Å². The van der Waals surface area contributed by atoms with Gasteiger partial charge in [-0.1, -0.05) is 12.1 Å². The average molecular weight is 216 g/mol. The van der Waals surface area contributed by atoms with Crippen molar-refractivity contribution < 1.29 is 9.90 Å². The number of aromatic nitrogens is 2. The van der Waals surface area contributed by atoms with Gasteiger partial charge in [-0.25, -0.2) is 9.78 Å². The van der Waals surface area contributed by atoms with Crippen LogP contribution in [-0.4, -0.2) is 21.0 Å². The molecule has 0 aliphatic carbocycles. The first-order valence-electron chi connectivity index (χ1n) is 4.94. The van der Waals surface area contributed by atoms with Gasteiger partial charge in [-0.05, 0) is 36.6 Å². The Morgan fingerprint density at radius 1 is 1.31 bits per heavy atom. The molecule has 0 spiro atoms. The molecule has 82 valence electrons. The molecular weight excluding hydrogens is 204 g/mol. The van der Waals surface area contributed by atoms with Gasteiger partial charge in [0.25, 0.3) is 0 Å². The first-order chi connectivity index (χ1) is 7.58. The Kier molecular flexibility index (Phi) is 2.48. The number of carboxylic acids is 1. The highest BCUT2D eigenvalue weighted by Crippen LogP contribution is 2.20. The molecule has 2 aromatic rings. The van der Waals surface area contributed by atoms with Crippen LogP contribution >= 0.6 is 0 Å². The third kappa shape index (κ3) is 1.82. The minimum atomic E-state index is -1.05. The largest absolute Gasteiger partial charge is 0.475 e. The first-order valence-corrected chi connectivity index (χ1v) is 4.94. The van der Waals surface area contributed by atoms with E-state index in [9.17, 15) is 4.79 Å². The highest BCUT2D eigenvalue weighted by molar-refractivity contribution is 5.84. The fourth-order valence-electron chi connectivity index (χ4n) is 1.49. The second-order valence-electron chi connectivity index (χ2n) is 3.75. The number of aryl methyl sites for hydroxylation is 2. The number of rotatable bonds is 2. The summed E-state index contributed by atoms with van der Waals surface area (Å²) in [6.45, 7) is 4.06. The minimum absolute atomic E-state index is 0.0340. The molecule has 1 aromatic heterocycles. The van der Waals surface area contributed by atoms with Crippen LogP contribution < -0.4 is 0 Å². The number of hydrogen-bond acceptors (Lipinski definition) is 2. The fraction of sp³-hybridized carbons (Fsp3) is 0.167. The smallest absolute Gasteiger partial charge is 0.371 e. The Morgan fingerprint density at radius 2 is 2.06 bits per heavy atom. The summed E-state index contributed by atoms with van der Waals surface area (Å²) < 4.78 is 0. The highest BCUT2D eigenvalue weighted by atomic mass is 16.4. The molecule has 0 atom stereocenters. The quantitative estimate of drug-likeness (QED) is 0.810. The van der Waals surface area contributed by atoms with Gasteiger partial charge in [-0.2, -0.15) is 0 Å². The number of H-pyrrole nitrogens is 1. The van der Waals surface area contributed by atoms with Gasteiger partial charge in [0.1, 0.15) is 0 Å². The van der Waals surface area contributed by atoms with Crippen molar-refractivity contribution in [1.29, 1.82) is 0 Å². The number of aromatic carboxylic acids is 1. The van der Waals surface area contributed by atoms with Crippen molar-refractivity contribution in [2.24, 2.45) is 0 Å². The molecule has 16 heavy (non-hydrogen) atoms. The van der Waals surface area contributed by atoms with Crippen LogP contribution in [0, 0.1) is 13.8 Å². The van der Waals surface area contributed by atoms with E-state index in [-0.39, 0.29) is 5.82 Å². The van der Waals surface area contributed by atoms with Crippen molar-refractivity contribution in [3.8, 4) is 11.3 Å². The van der Waals surface area contributed by atoms with Crippen molar-refractivity contribution in [2.75, 3.05) is 0 Å².